The molecule has 1 aliphatic heterocycles. The molecule has 1 unspecified atom stereocenters. The topological polar surface area (TPSA) is 30.7 Å². The van der Waals surface area contributed by atoms with Gasteiger partial charge >= 0.3 is 0 Å². The van der Waals surface area contributed by atoms with Gasteiger partial charge in [-0.05, 0) is 31.2 Å². The molecular formula is C11H13N3S. The molecule has 0 amide bonds. The van der Waals surface area contributed by atoms with E-state index in [-0.39, 0.29) is 0 Å². The summed E-state index contributed by atoms with van der Waals surface area (Å²) in [7, 11) is 0. The lowest BCUT2D eigenvalue weighted by atomic mass is 10.1. The van der Waals surface area contributed by atoms with Gasteiger partial charge < -0.3 is 0 Å². The van der Waals surface area contributed by atoms with E-state index in [1.165, 1.54) is 17.7 Å². The van der Waals surface area contributed by atoms with Crippen LogP contribution in [0.3, 0.4) is 0 Å². The summed E-state index contributed by atoms with van der Waals surface area (Å²) in [6, 6.07) is 4.63. The second-order valence-corrected chi connectivity index (χ2v) is 4.96. The molecule has 0 spiro atoms. The molecule has 0 bridgehead atoms. The molecule has 1 atom stereocenters. The quantitative estimate of drug-likeness (QED) is 0.738. The lowest BCUT2D eigenvalue weighted by Crippen LogP contribution is -2.16. The predicted octanol–water partition coefficient (Wildman–Crippen LogP) is 2.90. The Bertz CT molecular complexity index is 458. The van der Waals surface area contributed by atoms with E-state index >= 15 is 0 Å². The van der Waals surface area contributed by atoms with Gasteiger partial charge in [0.15, 0.2) is 5.82 Å². The molecule has 0 aromatic carbocycles. The van der Waals surface area contributed by atoms with E-state index in [0.717, 1.165) is 18.1 Å². The minimum Gasteiger partial charge on any atom is -0.247 e. The highest BCUT2D eigenvalue weighted by Crippen LogP contribution is 2.27. The maximum Gasteiger partial charge on any atom is 0.191 e. The van der Waals surface area contributed by atoms with Crippen molar-refractivity contribution in [1.29, 1.82) is 0 Å². The lowest BCUT2D eigenvalue weighted by molar-refractivity contribution is 0.389. The molecule has 3 heterocycles. The van der Waals surface area contributed by atoms with Crippen molar-refractivity contribution in [3.05, 3.63) is 23.3 Å². The molecule has 78 valence electrons. The molecule has 2 aromatic heterocycles. The van der Waals surface area contributed by atoms with Gasteiger partial charge in [0.2, 0.25) is 0 Å². The van der Waals surface area contributed by atoms with Crippen molar-refractivity contribution in [1.82, 2.24) is 14.8 Å². The van der Waals surface area contributed by atoms with E-state index in [2.05, 4.69) is 33.1 Å². The second kappa shape index (κ2) is 3.45. The van der Waals surface area contributed by atoms with Crippen LogP contribution in [0.25, 0.3) is 10.7 Å². The predicted molar refractivity (Wildman–Crippen MR) is 61.0 cm³/mol. The van der Waals surface area contributed by atoms with Gasteiger partial charge in [0.1, 0.15) is 5.82 Å². The van der Waals surface area contributed by atoms with Crippen LogP contribution < -0.4 is 0 Å². The van der Waals surface area contributed by atoms with Crippen molar-refractivity contribution < 1.29 is 0 Å². The van der Waals surface area contributed by atoms with Crippen molar-refractivity contribution >= 4 is 11.3 Å². The molecule has 0 saturated heterocycles. The molecule has 0 radical (unpaired) electrons. The number of nitrogens with zero attached hydrogens (tertiary/aromatic N) is 3. The van der Waals surface area contributed by atoms with Crippen LogP contribution in [0.15, 0.2) is 17.5 Å². The maximum atomic E-state index is 4.61. The summed E-state index contributed by atoms with van der Waals surface area (Å²) in [5.41, 5.74) is 0. The summed E-state index contributed by atoms with van der Waals surface area (Å²) in [5, 5.41) is 6.66. The number of fused-ring (bicyclic) bond motifs is 1. The van der Waals surface area contributed by atoms with E-state index in [9.17, 15) is 0 Å². The number of hydrogen-bond acceptors (Lipinski definition) is 3. The highest BCUT2D eigenvalue weighted by atomic mass is 32.1. The number of rotatable bonds is 1. The molecule has 15 heavy (non-hydrogen) atoms. The van der Waals surface area contributed by atoms with E-state index in [1.807, 2.05) is 6.07 Å². The van der Waals surface area contributed by atoms with Crippen LogP contribution in [0, 0.1) is 0 Å². The van der Waals surface area contributed by atoms with Crippen LogP contribution in [0.1, 0.15) is 31.6 Å². The van der Waals surface area contributed by atoms with Crippen LogP contribution >= 0.6 is 11.3 Å². The SMILES string of the molecule is CC1CCCc2nc(-c3cccs3)nn21. The third-order valence-electron chi connectivity index (χ3n) is 2.88. The lowest BCUT2D eigenvalue weighted by Gasteiger charge is -2.18. The van der Waals surface area contributed by atoms with Crippen molar-refractivity contribution in [2.24, 2.45) is 0 Å². The van der Waals surface area contributed by atoms with Gasteiger partial charge in [0.05, 0.1) is 10.9 Å². The van der Waals surface area contributed by atoms with E-state index in [1.54, 1.807) is 11.3 Å². The Morgan fingerprint density at radius 1 is 1.53 bits per heavy atom. The highest BCUT2D eigenvalue weighted by Gasteiger charge is 2.20. The zero-order chi connectivity index (χ0) is 10.3. The van der Waals surface area contributed by atoms with E-state index in [4.69, 9.17) is 0 Å². The van der Waals surface area contributed by atoms with Crippen molar-refractivity contribution in [3.63, 3.8) is 0 Å². The second-order valence-electron chi connectivity index (χ2n) is 4.01. The monoisotopic (exact) mass is 219 g/mol. The first kappa shape index (κ1) is 9.09. The number of thiophene rings is 1. The average Bonchev–Trinajstić information content (AvgIpc) is 2.86. The standard InChI is InChI=1S/C11H13N3S/c1-8-4-2-6-10-12-11(13-14(8)10)9-5-3-7-15-9/h3,5,7-8H,2,4,6H2,1H3. The smallest absolute Gasteiger partial charge is 0.191 e. The third kappa shape index (κ3) is 1.49. The van der Waals surface area contributed by atoms with Gasteiger partial charge in [-0.3, -0.25) is 0 Å². The zero-order valence-corrected chi connectivity index (χ0v) is 9.50. The first-order valence-electron chi connectivity index (χ1n) is 5.34. The molecule has 0 saturated carbocycles. The van der Waals surface area contributed by atoms with Crippen LogP contribution in [-0.4, -0.2) is 14.8 Å². The molecular weight excluding hydrogens is 206 g/mol. The zero-order valence-electron chi connectivity index (χ0n) is 8.68. The molecule has 3 rings (SSSR count). The molecule has 0 N–H and O–H groups in total. The van der Waals surface area contributed by atoms with Crippen LogP contribution in [0.2, 0.25) is 0 Å². The fraction of sp³-hybridized carbons (Fsp3) is 0.455. The summed E-state index contributed by atoms with van der Waals surface area (Å²) in [5.74, 6) is 2.05. The van der Waals surface area contributed by atoms with Crippen LogP contribution in [0.4, 0.5) is 0 Å². The number of aryl methyl sites for hydroxylation is 1. The molecule has 2 aromatic rings. The minimum absolute atomic E-state index is 0.509. The Labute approximate surface area is 92.8 Å². The highest BCUT2D eigenvalue weighted by molar-refractivity contribution is 7.13. The largest absolute Gasteiger partial charge is 0.247 e. The summed E-state index contributed by atoms with van der Waals surface area (Å²) in [6.45, 7) is 2.22. The average molecular weight is 219 g/mol. The Morgan fingerprint density at radius 3 is 3.20 bits per heavy atom. The fourth-order valence-electron chi connectivity index (χ4n) is 2.07. The van der Waals surface area contributed by atoms with Gasteiger partial charge in [0, 0.05) is 6.42 Å². The van der Waals surface area contributed by atoms with Crippen LogP contribution in [-0.2, 0) is 6.42 Å². The Kier molecular flexibility index (Phi) is 2.09. The molecule has 3 nitrogen and oxygen atoms in total. The molecule has 0 fully saturated rings. The van der Waals surface area contributed by atoms with E-state index in [0.29, 0.717) is 6.04 Å². The summed E-state index contributed by atoms with van der Waals surface area (Å²) in [4.78, 5) is 5.78. The van der Waals surface area contributed by atoms with Gasteiger partial charge in [-0.2, -0.15) is 0 Å². The maximum absolute atomic E-state index is 4.61. The van der Waals surface area contributed by atoms with E-state index < -0.39 is 0 Å². The van der Waals surface area contributed by atoms with Gasteiger partial charge in [-0.25, -0.2) is 9.67 Å². The van der Waals surface area contributed by atoms with Crippen LogP contribution in [0.5, 0.6) is 0 Å². The van der Waals surface area contributed by atoms with Crippen molar-refractivity contribution in [3.8, 4) is 10.7 Å². The number of hydrogen-bond donors (Lipinski definition) is 0. The Morgan fingerprint density at radius 2 is 2.47 bits per heavy atom. The summed E-state index contributed by atoms with van der Waals surface area (Å²) < 4.78 is 2.10. The summed E-state index contributed by atoms with van der Waals surface area (Å²) in [6.07, 6.45) is 3.53. The van der Waals surface area contributed by atoms with Gasteiger partial charge in [-0.1, -0.05) is 6.07 Å². The Hall–Kier alpha value is -1.16. The fourth-order valence-corrected chi connectivity index (χ4v) is 2.72. The van der Waals surface area contributed by atoms with Gasteiger partial charge in [-0.15, -0.1) is 16.4 Å². The summed E-state index contributed by atoms with van der Waals surface area (Å²) >= 11 is 1.70. The Balaban J connectivity index is 2.06. The molecule has 4 heteroatoms. The third-order valence-corrected chi connectivity index (χ3v) is 3.75. The van der Waals surface area contributed by atoms with Gasteiger partial charge in [0.25, 0.3) is 0 Å². The van der Waals surface area contributed by atoms with Crippen molar-refractivity contribution in [2.45, 2.75) is 32.2 Å². The number of aromatic nitrogens is 3. The minimum atomic E-state index is 0.509. The molecule has 0 aliphatic carbocycles. The first-order chi connectivity index (χ1) is 7.34. The van der Waals surface area contributed by atoms with Crippen molar-refractivity contribution in [2.75, 3.05) is 0 Å². The first-order valence-corrected chi connectivity index (χ1v) is 6.22. The molecule has 1 aliphatic rings. The normalized spacial score (nSPS) is 20.2.